The molecule has 1 fully saturated rings. The number of benzene rings is 1. The number of hydrogen-bond donors (Lipinski definition) is 2. The normalized spacial score (nSPS) is 20.4. The van der Waals surface area contributed by atoms with Crippen LogP contribution in [0.5, 0.6) is 0 Å². The van der Waals surface area contributed by atoms with E-state index >= 15 is 0 Å². The number of rotatable bonds is 3. The largest absolute Gasteiger partial charge is 0.366 e. The van der Waals surface area contributed by atoms with Crippen molar-refractivity contribution in [3.05, 3.63) is 35.4 Å². The smallest absolute Gasteiger partial charge is 0.248 e. The molecule has 0 spiro atoms. The molecule has 1 atom stereocenters. The Bertz CT molecular complexity index is 356. The molecular weight excluding hydrogens is 188 g/mol. The molecule has 0 unspecified atom stereocenters. The highest BCUT2D eigenvalue weighted by Crippen LogP contribution is 2.15. The third-order valence-corrected chi connectivity index (χ3v) is 2.90. The molecule has 1 heterocycles. The van der Waals surface area contributed by atoms with Gasteiger partial charge in [-0.15, -0.1) is 0 Å². The van der Waals surface area contributed by atoms with E-state index in [2.05, 4.69) is 11.4 Å². The Labute approximate surface area is 89.7 Å². The first-order valence-corrected chi connectivity index (χ1v) is 5.35. The quantitative estimate of drug-likeness (QED) is 0.769. The zero-order chi connectivity index (χ0) is 10.7. The fraction of sp³-hybridized carbons (Fsp3) is 0.417. The van der Waals surface area contributed by atoms with Crippen molar-refractivity contribution in [3.63, 3.8) is 0 Å². The van der Waals surface area contributed by atoms with E-state index in [0.29, 0.717) is 11.5 Å². The maximum Gasteiger partial charge on any atom is 0.248 e. The van der Waals surface area contributed by atoms with Crippen LogP contribution in [0.4, 0.5) is 0 Å². The van der Waals surface area contributed by atoms with Gasteiger partial charge in [0.25, 0.3) is 0 Å². The van der Waals surface area contributed by atoms with Gasteiger partial charge in [0.05, 0.1) is 0 Å². The molecule has 1 saturated heterocycles. The van der Waals surface area contributed by atoms with Crippen molar-refractivity contribution in [2.75, 3.05) is 13.1 Å². The third-order valence-electron chi connectivity index (χ3n) is 2.90. The van der Waals surface area contributed by atoms with Crippen LogP contribution in [0, 0.1) is 5.92 Å². The lowest BCUT2D eigenvalue weighted by atomic mass is 9.97. The van der Waals surface area contributed by atoms with Gasteiger partial charge >= 0.3 is 0 Å². The number of carbonyl (C=O) groups excluding carboxylic acids is 1. The molecule has 1 aliphatic rings. The fourth-order valence-electron chi connectivity index (χ4n) is 2.07. The molecule has 3 heteroatoms. The molecular formula is C12H16N2O. The molecule has 80 valence electrons. The lowest BCUT2D eigenvalue weighted by Crippen LogP contribution is -2.13. The predicted octanol–water partition coefficient (Wildman–Crippen LogP) is 0.937. The van der Waals surface area contributed by atoms with Gasteiger partial charge < -0.3 is 11.1 Å². The Balaban J connectivity index is 2.07. The van der Waals surface area contributed by atoms with E-state index in [1.54, 1.807) is 6.07 Å². The van der Waals surface area contributed by atoms with E-state index in [1.165, 1.54) is 12.0 Å². The molecule has 15 heavy (non-hydrogen) atoms. The lowest BCUT2D eigenvalue weighted by molar-refractivity contribution is 0.1000. The van der Waals surface area contributed by atoms with Gasteiger partial charge in [0.1, 0.15) is 0 Å². The Hall–Kier alpha value is -1.35. The summed E-state index contributed by atoms with van der Waals surface area (Å²) in [5.74, 6) is 0.356. The molecule has 0 aliphatic carbocycles. The number of nitrogens with one attached hydrogen (secondary N) is 1. The molecule has 1 aromatic carbocycles. The van der Waals surface area contributed by atoms with Gasteiger partial charge in [-0.1, -0.05) is 12.1 Å². The monoisotopic (exact) mass is 204 g/mol. The van der Waals surface area contributed by atoms with Crippen LogP contribution < -0.4 is 11.1 Å². The van der Waals surface area contributed by atoms with Gasteiger partial charge in [-0.25, -0.2) is 0 Å². The van der Waals surface area contributed by atoms with Crippen LogP contribution in [-0.2, 0) is 6.42 Å². The average Bonchev–Trinajstić information content (AvgIpc) is 2.71. The van der Waals surface area contributed by atoms with E-state index in [1.807, 2.05) is 12.1 Å². The van der Waals surface area contributed by atoms with Crippen molar-refractivity contribution in [2.24, 2.45) is 11.7 Å². The molecule has 2 rings (SSSR count). The highest BCUT2D eigenvalue weighted by molar-refractivity contribution is 5.92. The standard InChI is InChI=1S/C12H16N2O/c13-12(15)11-3-1-2-9(7-11)6-10-4-5-14-8-10/h1-3,7,10,14H,4-6,8H2,(H2,13,15)/t10-/m0/s1. The molecule has 1 amide bonds. The summed E-state index contributed by atoms with van der Waals surface area (Å²) in [5, 5.41) is 3.34. The van der Waals surface area contributed by atoms with Gasteiger partial charge in [-0.05, 0) is 49.5 Å². The van der Waals surface area contributed by atoms with E-state index in [0.717, 1.165) is 19.5 Å². The summed E-state index contributed by atoms with van der Waals surface area (Å²) in [5.41, 5.74) is 7.06. The average molecular weight is 204 g/mol. The van der Waals surface area contributed by atoms with Crippen LogP contribution in [0.25, 0.3) is 0 Å². The molecule has 3 nitrogen and oxygen atoms in total. The van der Waals surface area contributed by atoms with Crippen molar-refractivity contribution in [3.8, 4) is 0 Å². The summed E-state index contributed by atoms with van der Waals surface area (Å²) in [6.07, 6.45) is 2.26. The minimum Gasteiger partial charge on any atom is -0.366 e. The first-order chi connectivity index (χ1) is 7.25. The molecule has 0 bridgehead atoms. The number of nitrogens with two attached hydrogens (primary N) is 1. The second-order valence-electron chi connectivity index (χ2n) is 4.13. The zero-order valence-electron chi connectivity index (χ0n) is 8.70. The van der Waals surface area contributed by atoms with Crippen LogP contribution in [0.1, 0.15) is 22.3 Å². The Morgan fingerprint density at radius 3 is 3.07 bits per heavy atom. The Kier molecular flexibility index (Phi) is 3.02. The molecule has 0 saturated carbocycles. The summed E-state index contributed by atoms with van der Waals surface area (Å²) in [4.78, 5) is 11.0. The molecule has 0 aromatic heterocycles. The van der Waals surface area contributed by atoms with E-state index in [-0.39, 0.29) is 5.91 Å². The van der Waals surface area contributed by atoms with E-state index < -0.39 is 0 Å². The highest BCUT2D eigenvalue weighted by atomic mass is 16.1. The SMILES string of the molecule is NC(=O)c1cccc(C[C@@H]2CCNC2)c1. The van der Waals surface area contributed by atoms with Crippen molar-refractivity contribution < 1.29 is 4.79 Å². The van der Waals surface area contributed by atoms with Crippen molar-refractivity contribution >= 4 is 5.91 Å². The minimum atomic E-state index is -0.346. The van der Waals surface area contributed by atoms with Crippen LogP contribution in [-0.4, -0.2) is 19.0 Å². The maximum absolute atomic E-state index is 11.0. The van der Waals surface area contributed by atoms with Crippen LogP contribution in [0.3, 0.4) is 0 Å². The summed E-state index contributed by atoms with van der Waals surface area (Å²) in [7, 11) is 0. The molecule has 1 aliphatic heterocycles. The topological polar surface area (TPSA) is 55.1 Å². The van der Waals surface area contributed by atoms with Crippen molar-refractivity contribution in [2.45, 2.75) is 12.8 Å². The molecule has 1 aromatic rings. The van der Waals surface area contributed by atoms with Crippen molar-refractivity contribution in [1.82, 2.24) is 5.32 Å². The zero-order valence-corrected chi connectivity index (χ0v) is 8.70. The van der Waals surface area contributed by atoms with Gasteiger partial charge in [-0.2, -0.15) is 0 Å². The van der Waals surface area contributed by atoms with E-state index in [9.17, 15) is 4.79 Å². The van der Waals surface area contributed by atoms with Gasteiger partial charge in [0.2, 0.25) is 5.91 Å². The van der Waals surface area contributed by atoms with Gasteiger partial charge in [-0.3, -0.25) is 4.79 Å². The van der Waals surface area contributed by atoms with Crippen LogP contribution in [0.15, 0.2) is 24.3 Å². The summed E-state index contributed by atoms with van der Waals surface area (Å²) >= 11 is 0. The number of primary amides is 1. The van der Waals surface area contributed by atoms with Crippen LogP contribution >= 0.6 is 0 Å². The second kappa shape index (κ2) is 4.45. The molecule has 3 N–H and O–H groups in total. The summed E-state index contributed by atoms with van der Waals surface area (Å²) in [6.45, 7) is 2.20. The summed E-state index contributed by atoms with van der Waals surface area (Å²) < 4.78 is 0. The Morgan fingerprint density at radius 2 is 2.40 bits per heavy atom. The number of amides is 1. The fourth-order valence-corrected chi connectivity index (χ4v) is 2.07. The second-order valence-corrected chi connectivity index (χ2v) is 4.13. The lowest BCUT2D eigenvalue weighted by Gasteiger charge is -2.08. The number of carbonyl (C=O) groups is 1. The number of hydrogen-bond acceptors (Lipinski definition) is 2. The first-order valence-electron chi connectivity index (χ1n) is 5.35. The van der Waals surface area contributed by atoms with E-state index in [4.69, 9.17) is 5.73 Å². The van der Waals surface area contributed by atoms with Crippen LogP contribution in [0.2, 0.25) is 0 Å². The minimum absolute atomic E-state index is 0.346. The summed E-state index contributed by atoms with van der Waals surface area (Å²) in [6, 6.07) is 7.63. The third kappa shape index (κ3) is 2.57. The predicted molar refractivity (Wildman–Crippen MR) is 59.6 cm³/mol. The first kappa shape index (κ1) is 10.2. The maximum atomic E-state index is 11.0. The highest BCUT2D eigenvalue weighted by Gasteiger charge is 2.15. The van der Waals surface area contributed by atoms with Crippen molar-refractivity contribution in [1.29, 1.82) is 0 Å². The van der Waals surface area contributed by atoms with Gasteiger partial charge in [0, 0.05) is 5.56 Å². The Morgan fingerprint density at radius 1 is 1.53 bits per heavy atom. The van der Waals surface area contributed by atoms with Gasteiger partial charge in [0.15, 0.2) is 0 Å². The molecule has 0 radical (unpaired) electrons.